The zero-order chi connectivity index (χ0) is 16.9. The highest BCUT2D eigenvalue weighted by Gasteiger charge is 2.11. The van der Waals surface area contributed by atoms with E-state index in [1.807, 2.05) is 50.2 Å². The predicted molar refractivity (Wildman–Crippen MR) is 94.1 cm³/mol. The molecule has 0 atom stereocenters. The molecule has 2 amide bonds. The monoisotopic (exact) mass is 326 g/mol. The zero-order valence-corrected chi connectivity index (χ0v) is 14.0. The molecule has 1 aliphatic rings. The van der Waals surface area contributed by atoms with Crippen LogP contribution in [0.2, 0.25) is 0 Å². The molecule has 0 saturated heterocycles. The molecule has 24 heavy (non-hydrogen) atoms. The second kappa shape index (κ2) is 7.25. The molecule has 0 aromatic heterocycles. The van der Waals surface area contributed by atoms with Crippen LogP contribution in [0.1, 0.15) is 16.7 Å². The third kappa shape index (κ3) is 3.98. The Labute approximate surface area is 142 Å². The number of urea groups is 1. The molecule has 5 heteroatoms. The predicted octanol–water partition coefficient (Wildman–Crippen LogP) is 3.44. The van der Waals surface area contributed by atoms with E-state index in [2.05, 4.69) is 10.6 Å². The van der Waals surface area contributed by atoms with Gasteiger partial charge < -0.3 is 20.1 Å². The molecule has 0 saturated carbocycles. The van der Waals surface area contributed by atoms with Gasteiger partial charge in [0.1, 0.15) is 13.2 Å². The highest BCUT2D eigenvalue weighted by atomic mass is 16.6. The lowest BCUT2D eigenvalue weighted by atomic mass is 10.1. The summed E-state index contributed by atoms with van der Waals surface area (Å²) in [5.41, 5.74) is 4.27. The number of ether oxygens (including phenoxy) is 2. The maximum Gasteiger partial charge on any atom is 0.319 e. The van der Waals surface area contributed by atoms with Gasteiger partial charge in [-0.05, 0) is 61.2 Å². The number of hydrogen-bond donors (Lipinski definition) is 2. The van der Waals surface area contributed by atoms with Gasteiger partial charge in [-0.15, -0.1) is 0 Å². The van der Waals surface area contributed by atoms with Gasteiger partial charge >= 0.3 is 6.03 Å². The minimum Gasteiger partial charge on any atom is -0.486 e. The van der Waals surface area contributed by atoms with Crippen LogP contribution >= 0.6 is 0 Å². The maximum absolute atomic E-state index is 12.0. The number of fused-ring (bicyclic) bond motifs is 1. The SMILES string of the molecule is Cc1ccc(NC(=O)NCCc2ccc3c(c2)OCCO3)cc1C. The molecule has 0 spiro atoms. The highest BCUT2D eigenvalue weighted by molar-refractivity contribution is 5.89. The van der Waals surface area contributed by atoms with E-state index in [0.717, 1.165) is 34.7 Å². The van der Waals surface area contributed by atoms with Crippen LogP contribution in [0.25, 0.3) is 0 Å². The van der Waals surface area contributed by atoms with Crippen molar-refractivity contribution in [3.05, 3.63) is 53.1 Å². The van der Waals surface area contributed by atoms with E-state index in [1.165, 1.54) is 5.56 Å². The summed E-state index contributed by atoms with van der Waals surface area (Å²) in [6.07, 6.45) is 0.733. The van der Waals surface area contributed by atoms with Crippen molar-refractivity contribution in [2.24, 2.45) is 0 Å². The van der Waals surface area contributed by atoms with Gasteiger partial charge in [0, 0.05) is 12.2 Å². The van der Waals surface area contributed by atoms with Crippen molar-refractivity contribution in [1.82, 2.24) is 5.32 Å². The van der Waals surface area contributed by atoms with Crippen molar-refractivity contribution in [3.63, 3.8) is 0 Å². The van der Waals surface area contributed by atoms with Crippen molar-refractivity contribution < 1.29 is 14.3 Å². The summed E-state index contributed by atoms with van der Waals surface area (Å²) < 4.78 is 11.1. The van der Waals surface area contributed by atoms with Crippen LogP contribution in [0.5, 0.6) is 11.5 Å². The van der Waals surface area contributed by atoms with E-state index in [-0.39, 0.29) is 6.03 Å². The Kier molecular flexibility index (Phi) is 4.89. The van der Waals surface area contributed by atoms with Crippen LogP contribution < -0.4 is 20.1 Å². The number of carbonyl (C=O) groups excluding carboxylic acids is 1. The Hall–Kier alpha value is -2.69. The first-order valence-corrected chi connectivity index (χ1v) is 8.12. The van der Waals surface area contributed by atoms with E-state index in [4.69, 9.17) is 9.47 Å². The summed E-state index contributed by atoms with van der Waals surface area (Å²) in [6.45, 7) is 5.79. The van der Waals surface area contributed by atoms with Crippen LogP contribution in [-0.2, 0) is 6.42 Å². The molecule has 3 rings (SSSR count). The molecule has 0 bridgehead atoms. The first-order valence-electron chi connectivity index (χ1n) is 8.12. The van der Waals surface area contributed by atoms with Crippen LogP contribution in [0.3, 0.4) is 0 Å². The highest BCUT2D eigenvalue weighted by Crippen LogP contribution is 2.30. The third-order valence-electron chi connectivity index (χ3n) is 4.07. The minimum absolute atomic E-state index is 0.198. The van der Waals surface area contributed by atoms with Gasteiger partial charge in [-0.1, -0.05) is 12.1 Å². The lowest BCUT2D eigenvalue weighted by Gasteiger charge is -2.18. The third-order valence-corrected chi connectivity index (χ3v) is 4.07. The summed E-state index contributed by atoms with van der Waals surface area (Å²) in [7, 11) is 0. The van der Waals surface area contributed by atoms with E-state index < -0.39 is 0 Å². The number of rotatable bonds is 4. The lowest BCUT2D eigenvalue weighted by molar-refractivity contribution is 0.171. The van der Waals surface area contributed by atoms with Crippen molar-refractivity contribution in [1.29, 1.82) is 0 Å². The van der Waals surface area contributed by atoms with Crippen molar-refractivity contribution in [2.45, 2.75) is 20.3 Å². The number of aryl methyl sites for hydroxylation is 2. The molecular weight excluding hydrogens is 304 g/mol. The molecule has 1 aliphatic heterocycles. The number of hydrogen-bond acceptors (Lipinski definition) is 3. The molecule has 2 aromatic carbocycles. The fourth-order valence-electron chi connectivity index (χ4n) is 2.56. The number of nitrogens with one attached hydrogen (secondary N) is 2. The fraction of sp³-hybridized carbons (Fsp3) is 0.316. The van der Waals surface area contributed by atoms with Crippen LogP contribution in [0.4, 0.5) is 10.5 Å². The average molecular weight is 326 g/mol. The summed E-state index contributed by atoms with van der Waals surface area (Å²) in [5, 5.41) is 5.72. The first kappa shape index (κ1) is 16.2. The van der Waals surface area contributed by atoms with E-state index in [9.17, 15) is 4.79 Å². The quantitative estimate of drug-likeness (QED) is 0.905. The lowest BCUT2D eigenvalue weighted by Crippen LogP contribution is -2.30. The maximum atomic E-state index is 12.0. The van der Waals surface area contributed by atoms with Gasteiger partial charge in [0.15, 0.2) is 11.5 Å². The van der Waals surface area contributed by atoms with Crippen molar-refractivity contribution in [3.8, 4) is 11.5 Å². The van der Waals surface area contributed by atoms with Crippen molar-refractivity contribution >= 4 is 11.7 Å². The number of carbonyl (C=O) groups is 1. The summed E-state index contributed by atoms with van der Waals surface area (Å²) in [4.78, 5) is 12.0. The molecule has 0 unspecified atom stereocenters. The number of anilines is 1. The summed E-state index contributed by atoms with van der Waals surface area (Å²) >= 11 is 0. The second-order valence-corrected chi connectivity index (χ2v) is 5.91. The Morgan fingerprint density at radius 3 is 2.58 bits per heavy atom. The second-order valence-electron chi connectivity index (χ2n) is 5.91. The topological polar surface area (TPSA) is 59.6 Å². The van der Waals surface area contributed by atoms with Crippen LogP contribution in [0.15, 0.2) is 36.4 Å². The average Bonchev–Trinajstić information content (AvgIpc) is 2.58. The Balaban J connectivity index is 1.49. The molecule has 126 valence electrons. The smallest absolute Gasteiger partial charge is 0.319 e. The van der Waals surface area contributed by atoms with Gasteiger partial charge in [-0.25, -0.2) is 4.79 Å². The Morgan fingerprint density at radius 1 is 1.00 bits per heavy atom. The fourth-order valence-corrected chi connectivity index (χ4v) is 2.56. The normalized spacial score (nSPS) is 12.6. The first-order chi connectivity index (χ1) is 11.6. The molecule has 0 aliphatic carbocycles. The van der Waals surface area contributed by atoms with E-state index >= 15 is 0 Å². The van der Waals surface area contributed by atoms with E-state index in [0.29, 0.717) is 19.8 Å². The standard InChI is InChI=1S/C19H22N2O3/c1-13-3-5-16(11-14(13)2)21-19(22)20-8-7-15-4-6-17-18(12-15)24-10-9-23-17/h3-6,11-12H,7-10H2,1-2H3,(H2,20,21,22). The summed E-state index contributed by atoms with van der Waals surface area (Å²) in [5.74, 6) is 1.56. The van der Waals surface area contributed by atoms with Gasteiger partial charge in [0.05, 0.1) is 0 Å². The van der Waals surface area contributed by atoms with Gasteiger partial charge in [-0.3, -0.25) is 0 Å². The Morgan fingerprint density at radius 2 is 1.79 bits per heavy atom. The number of amides is 2. The molecule has 2 N–H and O–H groups in total. The van der Waals surface area contributed by atoms with Crippen molar-refractivity contribution in [2.75, 3.05) is 25.1 Å². The number of benzene rings is 2. The van der Waals surface area contributed by atoms with Gasteiger partial charge in [-0.2, -0.15) is 0 Å². The molecular formula is C19H22N2O3. The van der Waals surface area contributed by atoms with Crippen LogP contribution in [0, 0.1) is 13.8 Å². The van der Waals surface area contributed by atoms with Gasteiger partial charge in [0.2, 0.25) is 0 Å². The molecule has 0 radical (unpaired) electrons. The summed E-state index contributed by atoms with van der Waals surface area (Å²) in [6, 6.07) is 11.6. The molecule has 1 heterocycles. The molecule has 0 fully saturated rings. The minimum atomic E-state index is -0.198. The van der Waals surface area contributed by atoms with Crippen LogP contribution in [-0.4, -0.2) is 25.8 Å². The Bertz CT molecular complexity index is 743. The molecule has 5 nitrogen and oxygen atoms in total. The zero-order valence-electron chi connectivity index (χ0n) is 14.0. The van der Waals surface area contributed by atoms with Gasteiger partial charge in [0.25, 0.3) is 0 Å². The largest absolute Gasteiger partial charge is 0.486 e. The molecule has 2 aromatic rings. The van der Waals surface area contributed by atoms with E-state index in [1.54, 1.807) is 0 Å².